The Bertz CT molecular complexity index is 946. The first-order chi connectivity index (χ1) is 12.1. The zero-order valence-corrected chi connectivity index (χ0v) is 14.6. The van der Waals surface area contributed by atoms with Crippen molar-refractivity contribution in [2.45, 2.75) is 11.8 Å². The topological polar surface area (TPSA) is 95.7 Å². The van der Waals surface area contributed by atoms with Crippen molar-refractivity contribution in [3.8, 4) is 11.5 Å². The number of hydrogen-bond donors (Lipinski definition) is 1. The molecule has 0 saturated carbocycles. The van der Waals surface area contributed by atoms with Gasteiger partial charge in [0.2, 0.25) is 10.0 Å². The van der Waals surface area contributed by atoms with Gasteiger partial charge in [-0.1, -0.05) is 0 Å². The largest absolute Gasteiger partial charge is 0.466 e. The first-order valence-electron chi connectivity index (χ1n) is 7.18. The van der Waals surface area contributed by atoms with E-state index < -0.39 is 33.4 Å². The molecule has 0 aliphatic heterocycles. The van der Waals surface area contributed by atoms with Gasteiger partial charge in [0.05, 0.1) is 12.0 Å². The van der Waals surface area contributed by atoms with Crippen LogP contribution in [0.5, 0.6) is 11.5 Å². The van der Waals surface area contributed by atoms with Gasteiger partial charge in [0.15, 0.2) is 17.4 Å². The number of esters is 1. The van der Waals surface area contributed by atoms with Gasteiger partial charge in [-0.15, -0.1) is 0 Å². The van der Waals surface area contributed by atoms with Crippen LogP contribution in [0.2, 0.25) is 0 Å². The van der Waals surface area contributed by atoms with Gasteiger partial charge in [0.25, 0.3) is 0 Å². The number of carbonyl (C=O) groups is 1. The molecule has 0 heterocycles. The summed E-state index contributed by atoms with van der Waals surface area (Å²) in [6.45, 7) is 1.44. The number of hydrogen-bond acceptors (Lipinski definition) is 5. The van der Waals surface area contributed by atoms with Crippen LogP contribution in [-0.2, 0) is 19.6 Å². The lowest BCUT2D eigenvalue weighted by atomic mass is 10.1. The third kappa shape index (κ3) is 4.64. The first-order valence-corrected chi connectivity index (χ1v) is 8.73. The van der Waals surface area contributed by atoms with Crippen molar-refractivity contribution in [1.82, 2.24) is 0 Å². The molecule has 2 rings (SSSR count). The maximum Gasteiger partial charge on any atom is 0.333 e. The van der Waals surface area contributed by atoms with Gasteiger partial charge in [0.1, 0.15) is 5.75 Å². The molecule has 0 aliphatic carbocycles. The number of carbonyl (C=O) groups excluding carboxylic acids is 1. The molecule has 0 aromatic heterocycles. The van der Waals surface area contributed by atoms with E-state index in [1.807, 2.05) is 0 Å². The minimum absolute atomic E-state index is 0.0178. The lowest BCUT2D eigenvalue weighted by molar-refractivity contribution is -0.135. The number of primary sulfonamides is 1. The van der Waals surface area contributed by atoms with Crippen LogP contribution < -0.4 is 9.88 Å². The lowest BCUT2D eigenvalue weighted by Crippen LogP contribution is -2.11. The summed E-state index contributed by atoms with van der Waals surface area (Å²) >= 11 is 0. The van der Waals surface area contributed by atoms with Gasteiger partial charge in [-0.2, -0.15) is 0 Å². The summed E-state index contributed by atoms with van der Waals surface area (Å²) in [6, 6.07) is 6.71. The Morgan fingerprint density at radius 1 is 1.12 bits per heavy atom. The SMILES string of the molecule is COC(=O)C(C)=Cc1cc(F)c(Oc2ccc(S(N)(=O)=O)cc2)c(F)c1. The minimum atomic E-state index is -3.88. The molecular formula is C17H15F2NO5S. The molecule has 0 spiro atoms. The summed E-state index contributed by atoms with van der Waals surface area (Å²) in [5.74, 6) is -3.26. The fourth-order valence-corrected chi connectivity index (χ4v) is 2.56. The molecule has 9 heteroatoms. The quantitative estimate of drug-likeness (QED) is 0.633. The maximum absolute atomic E-state index is 14.2. The predicted octanol–water partition coefficient (Wildman–Crippen LogP) is 2.98. The molecule has 0 bridgehead atoms. The molecule has 2 aromatic rings. The molecule has 2 N–H and O–H groups in total. The van der Waals surface area contributed by atoms with Crippen molar-refractivity contribution in [2.75, 3.05) is 7.11 Å². The molecule has 6 nitrogen and oxygen atoms in total. The average molecular weight is 383 g/mol. The molecule has 0 amide bonds. The Kier molecular flexibility index (Phi) is 5.73. The van der Waals surface area contributed by atoms with Crippen LogP contribution in [0, 0.1) is 11.6 Å². The molecular weight excluding hydrogens is 368 g/mol. The highest BCUT2D eigenvalue weighted by Gasteiger charge is 2.15. The summed E-state index contributed by atoms with van der Waals surface area (Å²) < 4.78 is 60.4. The smallest absolute Gasteiger partial charge is 0.333 e. The van der Waals surface area contributed by atoms with E-state index in [1.54, 1.807) is 0 Å². The summed E-state index contributed by atoms with van der Waals surface area (Å²) in [5.41, 5.74) is 0.276. The van der Waals surface area contributed by atoms with E-state index in [2.05, 4.69) is 4.74 Å². The Labute approximate surface area is 148 Å². The molecule has 138 valence electrons. The van der Waals surface area contributed by atoms with E-state index in [0.29, 0.717) is 0 Å². The summed E-state index contributed by atoms with van der Waals surface area (Å²) in [7, 11) is -2.69. The highest BCUT2D eigenvalue weighted by atomic mass is 32.2. The second-order valence-corrected chi connectivity index (χ2v) is 6.81. The summed E-state index contributed by atoms with van der Waals surface area (Å²) in [6.07, 6.45) is 1.27. The molecule has 0 saturated heterocycles. The molecule has 0 fully saturated rings. The Morgan fingerprint density at radius 2 is 1.65 bits per heavy atom. The van der Waals surface area contributed by atoms with E-state index >= 15 is 0 Å². The second kappa shape index (κ2) is 7.63. The van der Waals surface area contributed by atoms with Crippen LogP contribution >= 0.6 is 0 Å². The number of nitrogens with two attached hydrogens (primary N) is 1. The minimum Gasteiger partial charge on any atom is -0.466 e. The van der Waals surface area contributed by atoms with Gasteiger partial charge in [-0.3, -0.25) is 0 Å². The van der Waals surface area contributed by atoms with Crippen molar-refractivity contribution >= 4 is 22.1 Å². The predicted molar refractivity (Wildman–Crippen MR) is 89.9 cm³/mol. The van der Waals surface area contributed by atoms with Gasteiger partial charge >= 0.3 is 5.97 Å². The summed E-state index contributed by atoms with van der Waals surface area (Å²) in [4.78, 5) is 11.2. The molecule has 26 heavy (non-hydrogen) atoms. The zero-order valence-electron chi connectivity index (χ0n) is 13.8. The van der Waals surface area contributed by atoms with E-state index in [4.69, 9.17) is 9.88 Å². The summed E-state index contributed by atoms with van der Waals surface area (Å²) in [5, 5.41) is 4.97. The van der Waals surface area contributed by atoms with Crippen molar-refractivity contribution < 1.29 is 31.5 Å². The number of methoxy groups -OCH3 is 1. The van der Waals surface area contributed by atoms with Gasteiger partial charge < -0.3 is 9.47 Å². The van der Waals surface area contributed by atoms with Gasteiger partial charge in [0, 0.05) is 5.57 Å². The van der Waals surface area contributed by atoms with Gasteiger partial charge in [-0.05, 0) is 55.0 Å². The molecule has 0 unspecified atom stereocenters. The first kappa shape index (κ1) is 19.5. The number of ether oxygens (including phenoxy) is 2. The van der Waals surface area contributed by atoms with E-state index in [0.717, 1.165) is 24.3 Å². The Balaban J connectivity index is 2.30. The number of rotatable bonds is 5. The van der Waals surface area contributed by atoms with Crippen LogP contribution in [0.15, 0.2) is 46.9 Å². The zero-order chi connectivity index (χ0) is 19.5. The van der Waals surface area contributed by atoms with Crippen molar-refractivity contribution in [1.29, 1.82) is 0 Å². The van der Waals surface area contributed by atoms with Crippen LogP contribution in [0.3, 0.4) is 0 Å². The van der Waals surface area contributed by atoms with E-state index in [-0.39, 0.29) is 21.8 Å². The third-order valence-electron chi connectivity index (χ3n) is 3.28. The van der Waals surface area contributed by atoms with Crippen LogP contribution in [0.1, 0.15) is 12.5 Å². The Hall–Kier alpha value is -2.78. The fraction of sp³-hybridized carbons (Fsp3) is 0.118. The molecule has 0 radical (unpaired) electrons. The maximum atomic E-state index is 14.2. The van der Waals surface area contributed by atoms with Crippen molar-refractivity contribution in [2.24, 2.45) is 5.14 Å². The van der Waals surface area contributed by atoms with Crippen LogP contribution in [-0.4, -0.2) is 21.5 Å². The average Bonchev–Trinajstić information content (AvgIpc) is 2.57. The highest BCUT2D eigenvalue weighted by molar-refractivity contribution is 7.89. The number of halogens is 2. The Morgan fingerprint density at radius 3 is 2.12 bits per heavy atom. The number of benzene rings is 2. The third-order valence-corrected chi connectivity index (χ3v) is 4.21. The standard InChI is InChI=1S/C17H15F2NO5S/c1-10(17(21)24-2)7-11-8-14(18)16(15(19)9-11)25-12-3-5-13(6-4-12)26(20,22)23/h3-9H,1-2H3,(H2,20,22,23). The van der Waals surface area contributed by atoms with Crippen molar-refractivity contribution in [3.05, 3.63) is 59.2 Å². The van der Waals surface area contributed by atoms with Crippen LogP contribution in [0.4, 0.5) is 8.78 Å². The second-order valence-electron chi connectivity index (χ2n) is 5.25. The van der Waals surface area contributed by atoms with Crippen LogP contribution in [0.25, 0.3) is 6.08 Å². The normalized spacial score (nSPS) is 12.0. The highest BCUT2D eigenvalue weighted by Crippen LogP contribution is 2.29. The number of sulfonamides is 1. The van der Waals surface area contributed by atoms with E-state index in [9.17, 15) is 22.0 Å². The monoisotopic (exact) mass is 383 g/mol. The van der Waals surface area contributed by atoms with Crippen molar-refractivity contribution in [3.63, 3.8) is 0 Å². The molecule has 0 atom stereocenters. The van der Waals surface area contributed by atoms with E-state index in [1.165, 1.54) is 32.2 Å². The molecule has 2 aromatic carbocycles. The molecule has 0 aliphatic rings. The lowest BCUT2D eigenvalue weighted by Gasteiger charge is -2.09. The fourth-order valence-electron chi connectivity index (χ4n) is 2.05. The van der Waals surface area contributed by atoms with Gasteiger partial charge in [-0.25, -0.2) is 27.1 Å².